The van der Waals surface area contributed by atoms with Gasteiger partial charge >= 0.3 is 6.18 Å². The topological polar surface area (TPSA) is 54.5 Å². The molecular formula is C17H16F3NO3S. The highest BCUT2D eigenvalue weighted by Gasteiger charge is 2.31. The van der Waals surface area contributed by atoms with E-state index in [1.165, 1.54) is 30.1 Å². The Balaban J connectivity index is 2.44. The number of nitrogens with zero attached hydrogens (tertiary/aromatic N) is 1. The molecule has 25 heavy (non-hydrogen) atoms. The Morgan fingerprint density at radius 1 is 1.08 bits per heavy atom. The van der Waals surface area contributed by atoms with Crippen LogP contribution in [0.2, 0.25) is 0 Å². The van der Waals surface area contributed by atoms with E-state index in [4.69, 9.17) is 0 Å². The number of halogens is 3. The molecule has 0 aliphatic carbocycles. The average molecular weight is 371 g/mol. The molecule has 0 saturated heterocycles. The molecule has 0 N–H and O–H groups in total. The number of carbonyl (C=O) groups excluding carboxylic acids is 1. The monoisotopic (exact) mass is 371 g/mol. The predicted molar refractivity (Wildman–Crippen MR) is 90.0 cm³/mol. The molecule has 0 aromatic heterocycles. The molecule has 0 bridgehead atoms. The molecule has 8 heteroatoms. The van der Waals surface area contributed by atoms with Gasteiger partial charge in [-0.05, 0) is 30.3 Å². The van der Waals surface area contributed by atoms with E-state index >= 15 is 0 Å². The van der Waals surface area contributed by atoms with Crippen molar-refractivity contribution in [1.82, 2.24) is 0 Å². The van der Waals surface area contributed by atoms with Gasteiger partial charge in [0, 0.05) is 24.6 Å². The van der Waals surface area contributed by atoms with E-state index in [0.29, 0.717) is 5.69 Å². The van der Waals surface area contributed by atoms with E-state index in [2.05, 4.69) is 0 Å². The second kappa shape index (κ2) is 6.87. The lowest BCUT2D eigenvalue weighted by molar-refractivity contribution is -0.137. The minimum Gasteiger partial charge on any atom is -0.344 e. The molecule has 0 unspecified atom stereocenters. The Morgan fingerprint density at radius 3 is 2.32 bits per heavy atom. The molecule has 0 amide bonds. The van der Waals surface area contributed by atoms with Crippen molar-refractivity contribution in [2.24, 2.45) is 0 Å². The Morgan fingerprint density at radius 2 is 1.72 bits per heavy atom. The fourth-order valence-electron chi connectivity index (χ4n) is 2.35. The number of sulfone groups is 1. The first-order valence-electron chi connectivity index (χ1n) is 7.20. The summed E-state index contributed by atoms with van der Waals surface area (Å²) < 4.78 is 61.4. The maximum absolute atomic E-state index is 12.9. The molecule has 0 spiro atoms. The van der Waals surface area contributed by atoms with Crippen molar-refractivity contribution in [2.75, 3.05) is 24.0 Å². The molecule has 4 nitrogen and oxygen atoms in total. The molecule has 0 saturated carbocycles. The zero-order chi connectivity index (χ0) is 18.8. The number of alkyl halides is 3. The minimum absolute atomic E-state index is 0.132. The third-order valence-electron chi connectivity index (χ3n) is 3.52. The summed E-state index contributed by atoms with van der Waals surface area (Å²) in [5, 5.41) is 0. The quantitative estimate of drug-likeness (QED) is 0.752. The molecule has 134 valence electrons. The summed E-state index contributed by atoms with van der Waals surface area (Å²) in [4.78, 5) is 13.7. The SMILES string of the molecule is CN(c1cccc(C(F)(F)F)c1)c1ccccc1C(=O)CS(C)(=O)=O. The summed E-state index contributed by atoms with van der Waals surface area (Å²) in [7, 11) is -2.01. The molecular weight excluding hydrogens is 355 g/mol. The zero-order valence-electron chi connectivity index (χ0n) is 13.5. The van der Waals surface area contributed by atoms with Gasteiger partial charge in [-0.25, -0.2) is 8.42 Å². The molecule has 2 rings (SSSR count). The summed E-state index contributed by atoms with van der Waals surface area (Å²) in [5.41, 5.74) is -0.116. The van der Waals surface area contributed by atoms with Gasteiger partial charge in [-0.3, -0.25) is 4.79 Å². The van der Waals surface area contributed by atoms with Gasteiger partial charge < -0.3 is 4.90 Å². The van der Waals surface area contributed by atoms with E-state index in [1.807, 2.05) is 0 Å². The number of ketones is 1. The fourth-order valence-corrected chi connectivity index (χ4v) is 2.98. The van der Waals surface area contributed by atoms with Crippen LogP contribution in [0.1, 0.15) is 15.9 Å². The van der Waals surface area contributed by atoms with Crippen LogP contribution in [-0.4, -0.2) is 33.3 Å². The summed E-state index contributed by atoms with van der Waals surface area (Å²) in [6, 6.07) is 10.9. The van der Waals surface area contributed by atoms with Crippen LogP contribution in [0.3, 0.4) is 0 Å². The van der Waals surface area contributed by atoms with Crippen molar-refractivity contribution in [1.29, 1.82) is 0 Å². The fraction of sp³-hybridized carbons (Fsp3) is 0.235. The number of benzene rings is 2. The van der Waals surface area contributed by atoms with E-state index < -0.39 is 33.1 Å². The first-order valence-corrected chi connectivity index (χ1v) is 9.26. The normalized spacial score (nSPS) is 12.0. The number of hydrogen-bond acceptors (Lipinski definition) is 4. The van der Waals surface area contributed by atoms with E-state index in [0.717, 1.165) is 18.4 Å². The molecule has 0 heterocycles. The lowest BCUT2D eigenvalue weighted by Gasteiger charge is -2.23. The largest absolute Gasteiger partial charge is 0.416 e. The summed E-state index contributed by atoms with van der Waals surface area (Å²) in [6.45, 7) is 0. The highest BCUT2D eigenvalue weighted by Crippen LogP contribution is 2.34. The number of para-hydroxylation sites is 1. The lowest BCUT2D eigenvalue weighted by Crippen LogP contribution is -2.19. The Labute approximate surface area is 143 Å². The molecule has 2 aromatic carbocycles. The average Bonchev–Trinajstić information content (AvgIpc) is 2.52. The maximum atomic E-state index is 12.9. The standard InChI is InChI=1S/C17H16F3NO3S/c1-21(13-7-5-6-12(10-13)17(18,19)20)15-9-4-3-8-14(15)16(22)11-25(2,23)24/h3-10H,11H2,1-2H3. The van der Waals surface area contributed by atoms with E-state index in [1.54, 1.807) is 18.2 Å². The smallest absolute Gasteiger partial charge is 0.344 e. The maximum Gasteiger partial charge on any atom is 0.416 e. The van der Waals surface area contributed by atoms with Crippen molar-refractivity contribution in [3.05, 3.63) is 59.7 Å². The third-order valence-corrected chi connectivity index (χ3v) is 4.31. The molecule has 2 aromatic rings. The molecule has 0 aliphatic rings. The van der Waals surface area contributed by atoms with Crippen LogP contribution >= 0.6 is 0 Å². The van der Waals surface area contributed by atoms with Gasteiger partial charge in [0.15, 0.2) is 15.6 Å². The van der Waals surface area contributed by atoms with E-state index in [-0.39, 0.29) is 11.3 Å². The molecule has 0 radical (unpaired) electrons. The van der Waals surface area contributed by atoms with Crippen LogP contribution in [0.15, 0.2) is 48.5 Å². The van der Waals surface area contributed by atoms with Crippen LogP contribution in [0.25, 0.3) is 0 Å². The van der Waals surface area contributed by atoms with Crippen LogP contribution in [0.5, 0.6) is 0 Å². The lowest BCUT2D eigenvalue weighted by atomic mass is 10.1. The Kier molecular flexibility index (Phi) is 5.22. The first-order chi connectivity index (χ1) is 11.5. The van der Waals surface area contributed by atoms with Crippen molar-refractivity contribution in [2.45, 2.75) is 6.18 Å². The number of anilines is 2. The highest BCUT2D eigenvalue weighted by atomic mass is 32.2. The van der Waals surface area contributed by atoms with Gasteiger partial charge in [0.25, 0.3) is 0 Å². The first kappa shape index (κ1) is 19.0. The van der Waals surface area contributed by atoms with Crippen molar-refractivity contribution < 1.29 is 26.4 Å². The molecule has 0 atom stereocenters. The van der Waals surface area contributed by atoms with Crippen LogP contribution in [-0.2, 0) is 16.0 Å². The van der Waals surface area contributed by atoms with Gasteiger partial charge in [-0.2, -0.15) is 13.2 Å². The zero-order valence-corrected chi connectivity index (χ0v) is 14.4. The van der Waals surface area contributed by atoms with Crippen LogP contribution in [0, 0.1) is 0 Å². The van der Waals surface area contributed by atoms with Gasteiger partial charge in [0.05, 0.1) is 11.3 Å². The number of hydrogen-bond donors (Lipinski definition) is 0. The Hall–Kier alpha value is -2.35. The second-order valence-electron chi connectivity index (χ2n) is 5.62. The van der Waals surface area contributed by atoms with Crippen molar-refractivity contribution >= 4 is 27.0 Å². The summed E-state index contributed by atoms with van der Waals surface area (Å²) in [5.74, 6) is -1.28. The third kappa shape index (κ3) is 4.82. The van der Waals surface area contributed by atoms with Crippen molar-refractivity contribution in [3.8, 4) is 0 Å². The summed E-state index contributed by atoms with van der Waals surface area (Å²) in [6.07, 6.45) is -3.54. The molecule has 0 aliphatic heterocycles. The van der Waals surface area contributed by atoms with Crippen LogP contribution < -0.4 is 4.90 Å². The van der Waals surface area contributed by atoms with Crippen LogP contribution in [0.4, 0.5) is 24.5 Å². The van der Waals surface area contributed by atoms with Gasteiger partial charge in [-0.15, -0.1) is 0 Å². The number of rotatable bonds is 5. The minimum atomic E-state index is -4.48. The summed E-state index contributed by atoms with van der Waals surface area (Å²) >= 11 is 0. The molecule has 0 fully saturated rings. The van der Waals surface area contributed by atoms with Gasteiger partial charge in [-0.1, -0.05) is 18.2 Å². The number of carbonyl (C=O) groups is 1. The van der Waals surface area contributed by atoms with E-state index in [9.17, 15) is 26.4 Å². The Bertz CT molecular complexity index is 892. The second-order valence-corrected chi connectivity index (χ2v) is 7.76. The van der Waals surface area contributed by atoms with Crippen molar-refractivity contribution in [3.63, 3.8) is 0 Å². The predicted octanol–water partition coefficient (Wildman–Crippen LogP) is 3.70. The highest BCUT2D eigenvalue weighted by molar-refractivity contribution is 7.91. The van der Waals surface area contributed by atoms with Gasteiger partial charge in [0.1, 0.15) is 5.75 Å². The van der Waals surface area contributed by atoms with Gasteiger partial charge in [0.2, 0.25) is 0 Å². The number of Topliss-reactive ketones (excluding diaryl/α,β-unsaturated/α-hetero) is 1.